The van der Waals surface area contributed by atoms with Crippen LogP contribution in [0.25, 0.3) is 0 Å². The average molecular weight is 330 g/mol. The van der Waals surface area contributed by atoms with Gasteiger partial charge in [0, 0.05) is 0 Å². The van der Waals surface area contributed by atoms with Gasteiger partial charge in [-0.2, -0.15) is 13.2 Å². The Labute approximate surface area is 130 Å². The predicted octanol–water partition coefficient (Wildman–Crippen LogP) is 2.62. The zero-order valence-corrected chi connectivity index (χ0v) is 11.9. The maximum atomic E-state index is 13.1. The topological polar surface area (TPSA) is 49.7 Å². The molecule has 0 amide bonds. The van der Waals surface area contributed by atoms with Crippen LogP contribution in [0.1, 0.15) is 11.1 Å². The van der Waals surface area contributed by atoms with Gasteiger partial charge in [0.2, 0.25) is 0 Å². The predicted molar refractivity (Wildman–Crippen MR) is 77.1 cm³/mol. The molecule has 0 aliphatic heterocycles. The lowest BCUT2D eigenvalue weighted by atomic mass is 9.79. The second kappa shape index (κ2) is 6.60. The summed E-state index contributed by atoms with van der Waals surface area (Å²) in [6, 6.07) is 10.3. The molecule has 0 heterocycles. The molecule has 2 N–H and O–H groups in total. The standard InChI is InChI=1S/C14H11BClF3O3/c16-12-7-10(15(20)21)6-11(14(17,18)19)13(12)22-8-9-4-2-1-3-5-9/h1-7,20-21H,8H2. The van der Waals surface area contributed by atoms with Gasteiger partial charge in [0.1, 0.15) is 6.61 Å². The lowest BCUT2D eigenvalue weighted by Gasteiger charge is -2.17. The highest BCUT2D eigenvalue weighted by atomic mass is 35.5. The van der Waals surface area contributed by atoms with Crippen LogP contribution in [0.3, 0.4) is 0 Å². The first kappa shape index (κ1) is 16.7. The van der Waals surface area contributed by atoms with Crippen molar-refractivity contribution in [1.82, 2.24) is 0 Å². The van der Waals surface area contributed by atoms with Gasteiger partial charge in [0.05, 0.1) is 10.6 Å². The quantitative estimate of drug-likeness (QED) is 0.847. The number of ether oxygens (including phenoxy) is 1. The first-order valence-electron chi connectivity index (χ1n) is 6.22. The smallest absolute Gasteiger partial charge is 0.487 e. The van der Waals surface area contributed by atoms with Crippen LogP contribution in [0.5, 0.6) is 5.75 Å². The van der Waals surface area contributed by atoms with E-state index in [4.69, 9.17) is 26.4 Å². The van der Waals surface area contributed by atoms with Crippen molar-refractivity contribution in [3.63, 3.8) is 0 Å². The summed E-state index contributed by atoms with van der Waals surface area (Å²) in [5, 5.41) is 17.7. The molecule has 2 aromatic rings. The summed E-state index contributed by atoms with van der Waals surface area (Å²) >= 11 is 5.80. The van der Waals surface area contributed by atoms with Crippen LogP contribution in [0.4, 0.5) is 13.2 Å². The first-order chi connectivity index (χ1) is 10.3. The van der Waals surface area contributed by atoms with E-state index in [-0.39, 0.29) is 17.1 Å². The largest absolute Gasteiger partial charge is 0.488 e. The first-order valence-corrected chi connectivity index (χ1v) is 6.60. The lowest BCUT2D eigenvalue weighted by Crippen LogP contribution is -2.31. The Kier molecular flexibility index (Phi) is 5.00. The van der Waals surface area contributed by atoms with E-state index in [9.17, 15) is 13.2 Å². The van der Waals surface area contributed by atoms with Gasteiger partial charge in [0.25, 0.3) is 0 Å². The number of hydrogen-bond donors (Lipinski definition) is 2. The van der Waals surface area contributed by atoms with Gasteiger partial charge < -0.3 is 14.8 Å². The fraction of sp³-hybridized carbons (Fsp3) is 0.143. The van der Waals surface area contributed by atoms with E-state index in [1.165, 1.54) is 0 Å². The van der Waals surface area contributed by atoms with Crippen LogP contribution in [0.15, 0.2) is 42.5 Å². The summed E-state index contributed by atoms with van der Waals surface area (Å²) in [5.74, 6) is -0.539. The second-order valence-corrected chi connectivity index (χ2v) is 4.93. The van der Waals surface area contributed by atoms with E-state index in [1.807, 2.05) is 0 Å². The Morgan fingerprint density at radius 2 is 1.73 bits per heavy atom. The van der Waals surface area contributed by atoms with E-state index < -0.39 is 24.6 Å². The number of benzene rings is 2. The van der Waals surface area contributed by atoms with Crippen molar-refractivity contribution in [2.75, 3.05) is 0 Å². The number of halogens is 4. The molecule has 0 aliphatic carbocycles. The van der Waals surface area contributed by atoms with Crippen LogP contribution < -0.4 is 10.2 Å². The van der Waals surface area contributed by atoms with Gasteiger partial charge in [-0.05, 0) is 23.2 Å². The average Bonchev–Trinajstić information content (AvgIpc) is 2.45. The van der Waals surface area contributed by atoms with Crippen molar-refractivity contribution in [3.8, 4) is 5.75 Å². The van der Waals surface area contributed by atoms with E-state index in [0.717, 1.165) is 6.07 Å². The Balaban J connectivity index is 2.37. The molecule has 0 aromatic heterocycles. The third-order valence-electron chi connectivity index (χ3n) is 2.90. The molecule has 0 radical (unpaired) electrons. The number of hydrogen-bond acceptors (Lipinski definition) is 3. The molecule has 0 atom stereocenters. The Morgan fingerprint density at radius 3 is 2.27 bits per heavy atom. The summed E-state index contributed by atoms with van der Waals surface area (Å²) in [4.78, 5) is 0. The minimum absolute atomic E-state index is 0.0926. The van der Waals surface area contributed by atoms with E-state index in [1.54, 1.807) is 30.3 Å². The minimum atomic E-state index is -4.74. The third kappa shape index (κ3) is 3.94. The fourth-order valence-electron chi connectivity index (χ4n) is 1.85. The SMILES string of the molecule is OB(O)c1cc(Cl)c(OCc2ccccc2)c(C(F)(F)F)c1. The Bertz CT molecular complexity index is 648. The zero-order chi connectivity index (χ0) is 16.3. The molecule has 0 aliphatic rings. The van der Waals surface area contributed by atoms with E-state index >= 15 is 0 Å². The van der Waals surface area contributed by atoms with Crippen LogP contribution in [0.2, 0.25) is 5.02 Å². The lowest BCUT2D eigenvalue weighted by molar-refractivity contribution is -0.139. The minimum Gasteiger partial charge on any atom is -0.487 e. The molecule has 8 heteroatoms. The molecule has 2 rings (SSSR count). The molecule has 0 fully saturated rings. The highest BCUT2D eigenvalue weighted by Crippen LogP contribution is 2.40. The van der Waals surface area contributed by atoms with Crippen LogP contribution in [-0.2, 0) is 12.8 Å². The summed E-state index contributed by atoms with van der Waals surface area (Å²) < 4.78 is 44.5. The van der Waals surface area contributed by atoms with Gasteiger partial charge in [-0.1, -0.05) is 41.9 Å². The summed E-state index contributed by atoms with van der Waals surface area (Å²) in [5.41, 5.74) is -0.832. The number of rotatable bonds is 4. The van der Waals surface area contributed by atoms with Gasteiger partial charge in [0.15, 0.2) is 5.75 Å². The fourth-order valence-corrected chi connectivity index (χ4v) is 2.13. The Morgan fingerprint density at radius 1 is 1.09 bits per heavy atom. The van der Waals surface area contributed by atoms with Gasteiger partial charge >= 0.3 is 13.3 Å². The maximum Gasteiger partial charge on any atom is 0.488 e. The van der Waals surface area contributed by atoms with Gasteiger partial charge in [-0.25, -0.2) is 0 Å². The van der Waals surface area contributed by atoms with Gasteiger partial charge in [-0.3, -0.25) is 0 Å². The summed E-state index contributed by atoms with van der Waals surface area (Å²) in [6.45, 7) is -0.0926. The van der Waals surface area contributed by atoms with Crippen LogP contribution >= 0.6 is 11.6 Å². The number of alkyl halides is 3. The molecular weight excluding hydrogens is 319 g/mol. The molecule has 0 saturated carbocycles. The zero-order valence-electron chi connectivity index (χ0n) is 11.1. The Hall–Kier alpha value is -1.70. The molecule has 22 heavy (non-hydrogen) atoms. The van der Waals surface area contributed by atoms with Crippen molar-refractivity contribution in [2.45, 2.75) is 12.8 Å². The summed E-state index contributed by atoms with van der Waals surface area (Å²) in [7, 11) is -2.05. The van der Waals surface area contributed by atoms with Crippen molar-refractivity contribution in [1.29, 1.82) is 0 Å². The van der Waals surface area contributed by atoms with Crippen LogP contribution in [-0.4, -0.2) is 17.2 Å². The van der Waals surface area contributed by atoms with Crippen molar-refractivity contribution in [2.24, 2.45) is 0 Å². The molecule has 0 saturated heterocycles. The van der Waals surface area contributed by atoms with Crippen molar-refractivity contribution >= 4 is 24.2 Å². The maximum absolute atomic E-state index is 13.1. The molecule has 2 aromatic carbocycles. The molecule has 0 spiro atoms. The van der Waals surface area contributed by atoms with E-state index in [2.05, 4.69) is 0 Å². The van der Waals surface area contributed by atoms with Gasteiger partial charge in [-0.15, -0.1) is 0 Å². The highest BCUT2D eigenvalue weighted by molar-refractivity contribution is 6.59. The molecular formula is C14H11BClF3O3. The van der Waals surface area contributed by atoms with Crippen molar-refractivity contribution in [3.05, 3.63) is 58.6 Å². The molecule has 116 valence electrons. The van der Waals surface area contributed by atoms with Crippen molar-refractivity contribution < 1.29 is 28.0 Å². The molecule has 3 nitrogen and oxygen atoms in total. The highest BCUT2D eigenvalue weighted by Gasteiger charge is 2.37. The molecule has 0 unspecified atom stereocenters. The van der Waals surface area contributed by atoms with Crippen LogP contribution in [0, 0.1) is 0 Å². The monoisotopic (exact) mass is 330 g/mol. The third-order valence-corrected chi connectivity index (χ3v) is 3.18. The van der Waals surface area contributed by atoms with E-state index in [0.29, 0.717) is 11.6 Å². The molecule has 0 bridgehead atoms. The second-order valence-electron chi connectivity index (χ2n) is 4.53. The summed E-state index contributed by atoms with van der Waals surface area (Å²) in [6.07, 6.45) is -4.74. The normalized spacial score (nSPS) is 11.4.